The average Bonchev–Trinajstić information content (AvgIpc) is 3.51. The number of halogens is 2. The number of nitrogens with zero attached hydrogens (tertiary/aromatic N) is 1. The number of nitrogens with one attached hydrogen (secondary N) is 1. The van der Waals surface area contributed by atoms with E-state index in [0.29, 0.717) is 22.0 Å². The SMILES string of the molecule is O=C(NC(CN1CCC1)C(O)c1ccc(OC2CC2)c(F)c1)C(=O)c1cc2ccc(Cl)cc2s1. The molecule has 34 heavy (non-hydrogen) atoms. The van der Waals surface area contributed by atoms with Gasteiger partial charge in [0, 0.05) is 16.3 Å². The van der Waals surface area contributed by atoms with Gasteiger partial charge in [0.05, 0.1) is 17.0 Å². The lowest BCUT2D eigenvalue weighted by molar-refractivity contribution is -0.118. The minimum absolute atomic E-state index is 0.0552. The number of hydrogen-bond acceptors (Lipinski definition) is 6. The average molecular weight is 503 g/mol. The Hall–Kier alpha value is -2.52. The Morgan fingerprint density at radius 3 is 2.68 bits per heavy atom. The van der Waals surface area contributed by atoms with Crippen molar-refractivity contribution in [2.24, 2.45) is 0 Å². The summed E-state index contributed by atoms with van der Waals surface area (Å²) < 4.78 is 20.9. The van der Waals surface area contributed by atoms with Crippen molar-refractivity contribution in [3.05, 3.63) is 63.7 Å². The van der Waals surface area contributed by atoms with Crippen molar-refractivity contribution in [1.82, 2.24) is 10.2 Å². The molecular weight excluding hydrogens is 479 g/mol. The van der Waals surface area contributed by atoms with E-state index in [9.17, 15) is 19.1 Å². The molecule has 0 radical (unpaired) electrons. The number of carbonyl (C=O) groups excluding carboxylic acids is 2. The van der Waals surface area contributed by atoms with Crippen molar-refractivity contribution in [2.45, 2.75) is 37.5 Å². The summed E-state index contributed by atoms with van der Waals surface area (Å²) >= 11 is 7.22. The Kier molecular flexibility index (Phi) is 6.57. The molecule has 5 rings (SSSR count). The van der Waals surface area contributed by atoms with Gasteiger partial charge in [-0.3, -0.25) is 9.59 Å². The number of rotatable bonds is 9. The fraction of sp³-hybridized carbons (Fsp3) is 0.360. The number of carbonyl (C=O) groups is 2. The zero-order chi connectivity index (χ0) is 23.8. The molecule has 2 aliphatic rings. The normalized spacial score (nSPS) is 17.7. The summed E-state index contributed by atoms with van der Waals surface area (Å²) in [5.74, 6) is -1.90. The van der Waals surface area contributed by atoms with Gasteiger partial charge < -0.3 is 20.1 Å². The van der Waals surface area contributed by atoms with Crippen LogP contribution in [-0.2, 0) is 4.79 Å². The van der Waals surface area contributed by atoms with Crippen LogP contribution >= 0.6 is 22.9 Å². The highest BCUT2D eigenvalue weighted by Gasteiger charge is 2.31. The molecule has 0 bridgehead atoms. The van der Waals surface area contributed by atoms with E-state index in [-0.39, 0.29) is 11.9 Å². The van der Waals surface area contributed by atoms with E-state index in [2.05, 4.69) is 10.2 Å². The number of ketones is 1. The van der Waals surface area contributed by atoms with Crippen LogP contribution in [0.2, 0.25) is 5.02 Å². The summed E-state index contributed by atoms with van der Waals surface area (Å²) in [5, 5.41) is 15.1. The van der Waals surface area contributed by atoms with E-state index in [0.717, 1.165) is 42.4 Å². The molecule has 1 saturated heterocycles. The highest BCUT2D eigenvalue weighted by molar-refractivity contribution is 7.21. The number of Topliss-reactive ketones (excluding diaryl/α,β-unsaturated/α-hetero) is 1. The number of likely N-dealkylation sites (tertiary alicyclic amines) is 1. The third-order valence-electron chi connectivity index (χ3n) is 6.13. The second-order valence-electron chi connectivity index (χ2n) is 8.81. The zero-order valence-corrected chi connectivity index (χ0v) is 19.9. The van der Waals surface area contributed by atoms with E-state index < -0.39 is 29.7 Å². The topological polar surface area (TPSA) is 78.9 Å². The second-order valence-corrected chi connectivity index (χ2v) is 10.3. The second kappa shape index (κ2) is 9.62. The Bertz CT molecular complexity index is 1240. The van der Waals surface area contributed by atoms with Crippen molar-refractivity contribution in [2.75, 3.05) is 19.6 Å². The third-order valence-corrected chi connectivity index (χ3v) is 7.46. The lowest BCUT2D eigenvalue weighted by Crippen LogP contribution is -2.52. The Morgan fingerprint density at radius 1 is 1.21 bits per heavy atom. The van der Waals surface area contributed by atoms with E-state index >= 15 is 0 Å². The molecule has 9 heteroatoms. The minimum Gasteiger partial charge on any atom is -0.487 e. The Balaban J connectivity index is 1.32. The number of aliphatic hydroxyl groups excluding tert-OH is 1. The highest BCUT2D eigenvalue weighted by atomic mass is 35.5. The fourth-order valence-corrected chi connectivity index (χ4v) is 5.20. The van der Waals surface area contributed by atoms with Crippen molar-refractivity contribution < 1.29 is 23.8 Å². The molecule has 1 saturated carbocycles. The smallest absolute Gasteiger partial charge is 0.293 e. The van der Waals surface area contributed by atoms with Gasteiger partial charge in [-0.25, -0.2) is 4.39 Å². The number of hydrogen-bond donors (Lipinski definition) is 2. The van der Waals surface area contributed by atoms with Crippen LogP contribution in [-0.4, -0.2) is 53.5 Å². The van der Waals surface area contributed by atoms with Gasteiger partial charge in [0.1, 0.15) is 6.10 Å². The lowest BCUT2D eigenvalue weighted by atomic mass is 9.99. The van der Waals surface area contributed by atoms with Gasteiger partial charge in [0.2, 0.25) is 0 Å². The van der Waals surface area contributed by atoms with Crippen LogP contribution in [0.3, 0.4) is 0 Å². The summed E-state index contributed by atoms with van der Waals surface area (Å²) in [6.07, 6.45) is 1.72. The summed E-state index contributed by atoms with van der Waals surface area (Å²) in [7, 11) is 0. The number of fused-ring (bicyclic) bond motifs is 1. The molecule has 3 aromatic rings. The molecule has 2 atom stereocenters. The molecule has 0 spiro atoms. The number of aliphatic hydroxyl groups is 1. The van der Waals surface area contributed by atoms with Crippen molar-refractivity contribution in [3.8, 4) is 5.75 Å². The van der Waals surface area contributed by atoms with Crippen molar-refractivity contribution in [1.29, 1.82) is 0 Å². The van der Waals surface area contributed by atoms with Gasteiger partial charge >= 0.3 is 0 Å². The summed E-state index contributed by atoms with van der Waals surface area (Å²) in [4.78, 5) is 28.1. The quantitative estimate of drug-likeness (QED) is 0.336. The molecular formula is C25H24ClFN2O4S. The van der Waals surface area contributed by atoms with Gasteiger partial charge in [0.15, 0.2) is 11.6 Å². The van der Waals surface area contributed by atoms with Crippen LogP contribution in [0.5, 0.6) is 5.75 Å². The molecule has 2 unspecified atom stereocenters. The Labute approximate surface area is 205 Å². The largest absolute Gasteiger partial charge is 0.487 e. The fourth-order valence-electron chi connectivity index (χ4n) is 3.92. The molecule has 1 amide bonds. The van der Waals surface area contributed by atoms with E-state index in [4.69, 9.17) is 16.3 Å². The molecule has 1 aromatic heterocycles. The maximum atomic E-state index is 14.5. The first kappa shape index (κ1) is 23.2. The maximum absolute atomic E-state index is 14.5. The highest BCUT2D eigenvalue weighted by Crippen LogP contribution is 2.31. The molecule has 1 aliphatic heterocycles. The monoisotopic (exact) mass is 502 g/mol. The predicted molar refractivity (Wildman–Crippen MR) is 129 cm³/mol. The van der Waals surface area contributed by atoms with Gasteiger partial charge in [-0.15, -0.1) is 11.3 Å². The van der Waals surface area contributed by atoms with Crippen molar-refractivity contribution in [3.63, 3.8) is 0 Å². The summed E-state index contributed by atoms with van der Waals surface area (Å²) in [6, 6.07) is 10.5. The zero-order valence-electron chi connectivity index (χ0n) is 18.3. The molecule has 2 fully saturated rings. The van der Waals surface area contributed by atoms with Gasteiger partial charge in [-0.2, -0.15) is 0 Å². The predicted octanol–water partition coefficient (Wildman–Crippen LogP) is 4.34. The van der Waals surface area contributed by atoms with E-state index in [1.807, 2.05) is 0 Å². The molecule has 178 valence electrons. The molecule has 6 nitrogen and oxygen atoms in total. The number of thiophene rings is 1. The number of benzene rings is 2. The van der Waals surface area contributed by atoms with Crippen LogP contribution in [0, 0.1) is 5.82 Å². The Morgan fingerprint density at radius 2 is 2.00 bits per heavy atom. The minimum atomic E-state index is -1.19. The maximum Gasteiger partial charge on any atom is 0.293 e. The first-order chi connectivity index (χ1) is 16.4. The van der Waals surface area contributed by atoms with E-state index in [1.165, 1.54) is 23.5 Å². The molecule has 2 N–H and O–H groups in total. The molecule has 2 heterocycles. The number of ether oxygens (including phenoxy) is 1. The number of amides is 1. The van der Waals surface area contributed by atoms with Crippen LogP contribution < -0.4 is 10.1 Å². The standard InChI is InChI=1S/C25H24ClFN2O4S/c26-16-4-2-14-11-22(34-21(14)12-16)24(31)25(32)28-19(13-29-8-1-9-29)23(30)15-3-7-20(18(27)10-15)33-17-5-6-17/h2-4,7,10-12,17,19,23,30H,1,5-6,8-9,13H2,(H,28,32). The van der Waals surface area contributed by atoms with Crippen molar-refractivity contribution >= 4 is 44.7 Å². The van der Waals surface area contributed by atoms with Crippen LogP contribution in [0.4, 0.5) is 4.39 Å². The van der Waals surface area contributed by atoms with Gasteiger partial charge in [-0.05, 0) is 73.6 Å². The van der Waals surface area contributed by atoms with Crippen LogP contribution in [0.15, 0.2) is 42.5 Å². The first-order valence-corrected chi connectivity index (χ1v) is 12.5. The van der Waals surface area contributed by atoms with Crippen LogP contribution in [0.1, 0.15) is 40.6 Å². The molecule has 1 aliphatic carbocycles. The molecule has 2 aromatic carbocycles. The van der Waals surface area contributed by atoms with Crippen LogP contribution in [0.25, 0.3) is 10.1 Å². The summed E-state index contributed by atoms with van der Waals surface area (Å²) in [5.41, 5.74) is 0.315. The van der Waals surface area contributed by atoms with Gasteiger partial charge in [-0.1, -0.05) is 23.7 Å². The third kappa shape index (κ3) is 5.10. The van der Waals surface area contributed by atoms with E-state index in [1.54, 1.807) is 30.3 Å². The first-order valence-electron chi connectivity index (χ1n) is 11.3. The lowest BCUT2D eigenvalue weighted by Gasteiger charge is -2.36. The van der Waals surface area contributed by atoms with Gasteiger partial charge in [0.25, 0.3) is 11.7 Å². The summed E-state index contributed by atoms with van der Waals surface area (Å²) in [6.45, 7) is 2.03.